The number of hydroxylamine groups is 2. The minimum atomic E-state index is -0.828. The van der Waals surface area contributed by atoms with Crippen molar-refractivity contribution in [2.75, 3.05) is 0 Å². The maximum absolute atomic E-state index is 13.4. The highest BCUT2D eigenvalue weighted by molar-refractivity contribution is 5.86. The van der Waals surface area contributed by atoms with Crippen LogP contribution in [0.2, 0.25) is 0 Å². The highest BCUT2D eigenvalue weighted by atomic mass is 16.5. The molecule has 2 amide bonds. The van der Waals surface area contributed by atoms with Crippen molar-refractivity contribution >= 4 is 18.3 Å². The van der Waals surface area contributed by atoms with E-state index in [2.05, 4.69) is 5.32 Å². The monoisotopic (exact) mass is 446 g/mol. The van der Waals surface area contributed by atoms with E-state index in [1.165, 1.54) is 0 Å². The summed E-state index contributed by atoms with van der Waals surface area (Å²) in [5, 5.41) is 13.6. The van der Waals surface area contributed by atoms with E-state index in [0.717, 1.165) is 31.2 Å². The van der Waals surface area contributed by atoms with Gasteiger partial charge in [-0.05, 0) is 50.0 Å². The molecule has 0 bridgehead atoms. The SMILES string of the molecule is CCCC(C(CC(C)C)C(=O)NC(Cc1ccccc1)C(=O)OC1CCCC1)N(O)C=O. The Labute approximate surface area is 191 Å². The molecular weight excluding hydrogens is 408 g/mol. The Balaban J connectivity index is 2.22. The molecule has 0 saturated heterocycles. The van der Waals surface area contributed by atoms with Crippen molar-refractivity contribution in [1.82, 2.24) is 10.4 Å². The van der Waals surface area contributed by atoms with Crippen LogP contribution in [0.25, 0.3) is 0 Å². The molecule has 2 rings (SSSR count). The summed E-state index contributed by atoms with van der Waals surface area (Å²) in [7, 11) is 0. The second-order valence-electron chi connectivity index (χ2n) is 9.17. The lowest BCUT2D eigenvalue weighted by atomic mass is 9.86. The molecule has 1 fully saturated rings. The van der Waals surface area contributed by atoms with Crippen LogP contribution in [0.3, 0.4) is 0 Å². The van der Waals surface area contributed by atoms with Gasteiger partial charge in [-0.1, -0.05) is 57.5 Å². The standard InChI is InChI=1S/C25H38N2O5/c1-4-10-23(27(31)17-28)21(15-18(2)3)24(29)26-22(16-19-11-6-5-7-12-19)25(30)32-20-13-8-9-14-20/h5-7,11-12,17-18,20-23,31H,4,8-10,13-16H2,1-3H3,(H,26,29). The second kappa shape index (κ2) is 13.2. The number of carbonyl (C=O) groups excluding carboxylic acids is 3. The summed E-state index contributed by atoms with van der Waals surface area (Å²) in [5.41, 5.74) is 0.920. The van der Waals surface area contributed by atoms with Gasteiger partial charge in [-0.2, -0.15) is 0 Å². The van der Waals surface area contributed by atoms with Crippen LogP contribution in [-0.4, -0.2) is 46.7 Å². The quantitative estimate of drug-likeness (QED) is 0.207. The van der Waals surface area contributed by atoms with E-state index in [1.54, 1.807) is 0 Å². The van der Waals surface area contributed by atoms with Gasteiger partial charge < -0.3 is 10.1 Å². The number of carbonyl (C=O) groups is 3. The van der Waals surface area contributed by atoms with Crippen LogP contribution < -0.4 is 5.32 Å². The lowest BCUT2D eigenvalue weighted by Crippen LogP contribution is -2.51. The van der Waals surface area contributed by atoms with Crippen LogP contribution in [0.5, 0.6) is 0 Å². The largest absolute Gasteiger partial charge is 0.461 e. The zero-order chi connectivity index (χ0) is 23.5. The Morgan fingerprint density at radius 1 is 1.22 bits per heavy atom. The molecule has 1 saturated carbocycles. The third-order valence-electron chi connectivity index (χ3n) is 6.03. The first-order chi connectivity index (χ1) is 15.3. The maximum Gasteiger partial charge on any atom is 0.329 e. The van der Waals surface area contributed by atoms with E-state index in [-0.39, 0.29) is 17.9 Å². The fourth-order valence-corrected chi connectivity index (χ4v) is 4.41. The van der Waals surface area contributed by atoms with E-state index in [9.17, 15) is 19.6 Å². The molecule has 1 aliphatic rings. The van der Waals surface area contributed by atoms with E-state index in [0.29, 0.717) is 37.2 Å². The van der Waals surface area contributed by atoms with E-state index < -0.39 is 24.0 Å². The van der Waals surface area contributed by atoms with Gasteiger partial charge in [0.15, 0.2) is 0 Å². The number of nitrogens with one attached hydrogen (secondary N) is 1. The zero-order valence-corrected chi connectivity index (χ0v) is 19.5. The summed E-state index contributed by atoms with van der Waals surface area (Å²) < 4.78 is 5.71. The molecule has 0 heterocycles. The lowest BCUT2D eigenvalue weighted by Gasteiger charge is -2.32. The second-order valence-corrected chi connectivity index (χ2v) is 9.17. The summed E-state index contributed by atoms with van der Waals surface area (Å²) in [5.74, 6) is -1.24. The number of rotatable bonds is 13. The molecule has 1 aromatic carbocycles. The number of amides is 2. The minimum Gasteiger partial charge on any atom is -0.461 e. The van der Waals surface area contributed by atoms with Crippen LogP contribution in [0.1, 0.15) is 71.3 Å². The van der Waals surface area contributed by atoms with Crippen LogP contribution in [0.4, 0.5) is 0 Å². The van der Waals surface area contributed by atoms with Crippen molar-refractivity contribution in [3.8, 4) is 0 Å². The van der Waals surface area contributed by atoms with Gasteiger partial charge in [0, 0.05) is 6.42 Å². The highest BCUT2D eigenvalue weighted by Gasteiger charge is 2.35. The topological polar surface area (TPSA) is 95.9 Å². The number of ether oxygens (including phenoxy) is 1. The van der Waals surface area contributed by atoms with Crippen molar-refractivity contribution in [2.45, 2.75) is 90.3 Å². The molecule has 0 aromatic heterocycles. The molecule has 1 aromatic rings. The highest BCUT2D eigenvalue weighted by Crippen LogP contribution is 2.24. The molecule has 32 heavy (non-hydrogen) atoms. The molecule has 0 radical (unpaired) electrons. The van der Waals surface area contributed by atoms with E-state index in [1.807, 2.05) is 51.1 Å². The first kappa shape index (κ1) is 25.8. The first-order valence-corrected chi connectivity index (χ1v) is 11.8. The molecule has 7 heteroatoms. The van der Waals surface area contributed by atoms with Gasteiger partial charge in [0.05, 0.1) is 12.0 Å². The number of esters is 1. The summed E-state index contributed by atoms with van der Waals surface area (Å²) in [6.07, 6.45) is 6.03. The third kappa shape index (κ3) is 7.93. The van der Waals surface area contributed by atoms with Crippen molar-refractivity contribution in [3.63, 3.8) is 0 Å². The molecule has 3 unspecified atom stereocenters. The fourth-order valence-electron chi connectivity index (χ4n) is 4.41. The number of nitrogens with zero attached hydrogens (tertiary/aromatic N) is 1. The summed E-state index contributed by atoms with van der Waals surface area (Å²) in [6, 6.07) is 8.03. The summed E-state index contributed by atoms with van der Waals surface area (Å²) >= 11 is 0. The van der Waals surface area contributed by atoms with Crippen molar-refractivity contribution in [1.29, 1.82) is 0 Å². The molecule has 1 aliphatic carbocycles. The number of hydrogen-bond acceptors (Lipinski definition) is 5. The fraction of sp³-hybridized carbons (Fsp3) is 0.640. The Kier molecular flexibility index (Phi) is 10.7. The van der Waals surface area contributed by atoms with Gasteiger partial charge in [0.1, 0.15) is 12.1 Å². The van der Waals surface area contributed by atoms with Crippen LogP contribution in [-0.2, 0) is 25.5 Å². The minimum absolute atomic E-state index is 0.0972. The molecule has 0 aliphatic heterocycles. The van der Waals surface area contributed by atoms with Crippen molar-refractivity contribution in [3.05, 3.63) is 35.9 Å². The van der Waals surface area contributed by atoms with Gasteiger partial charge in [0.2, 0.25) is 12.3 Å². The Morgan fingerprint density at radius 3 is 2.44 bits per heavy atom. The van der Waals surface area contributed by atoms with Crippen LogP contribution in [0.15, 0.2) is 30.3 Å². The summed E-state index contributed by atoms with van der Waals surface area (Å²) in [6.45, 7) is 5.91. The van der Waals surface area contributed by atoms with Gasteiger partial charge in [-0.15, -0.1) is 0 Å². The smallest absolute Gasteiger partial charge is 0.329 e. The van der Waals surface area contributed by atoms with Gasteiger partial charge >= 0.3 is 5.97 Å². The lowest BCUT2D eigenvalue weighted by molar-refractivity contribution is -0.170. The molecule has 0 spiro atoms. The van der Waals surface area contributed by atoms with Gasteiger partial charge in [-0.25, -0.2) is 9.86 Å². The average Bonchev–Trinajstić information content (AvgIpc) is 3.28. The first-order valence-electron chi connectivity index (χ1n) is 11.8. The Hall–Kier alpha value is -2.41. The summed E-state index contributed by atoms with van der Waals surface area (Å²) in [4.78, 5) is 37.7. The Morgan fingerprint density at radius 2 is 1.88 bits per heavy atom. The number of benzene rings is 1. The Bertz CT molecular complexity index is 718. The van der Waals surface area contributed by atoms with Crippen LogP contribution in [0, 0.1) is 11.8 Å². The molecule has 3 atom stereocenters. The average molecular weight is 447 g/mol. The zero-order valence-electron chi connectivity index (χ0n) is 19.5. The number of hydrogen-bond donors (Lipinski definition) is 2. The van der Waals surface area contributed by atoms with Gasteiger partial charge in [0.25, 0.3) is 0 Å². The maximum atomic E-state index is 13.4. The van der Waals surface area contributed by atoms with Crippen LogP contribution >= 0.6 is 0 Å². The molecule has 178 valence electrons. The van der Waals surface area contributed by atoms with Crippen molar-refractivity contribution < 1.29 is 24.3 Å². The van der Waals surface area contributed by atoms with Gasteiger partial charge in [-0.3, -0.25) is 14.8 Å². The molecule has 7 nitrogen and oxygen atoms in total. The predicted molar refractivity (Wildman–Crippen MR) is 122 cm³/mol. The third-order valence-corrected chi connectivity index (χ3v) is 6.03. The van der Waals surface area contributed by atoms with E-state index >= 15 is 0 Å². The van der Waals surface area contributed by atoms with Crippen molar-refractivity contribution in [2.24, 2.45) is 11.8 Å². The molecular formula is C25H38N2O5. The predicted octanol–water partition coefficient (Wildman–Crippen LogP) is 3.88. The molecule has 2 N–H and O–H groups in total. The normalized spacial score (nSPS) is 16.9. The van der Waals surface area contributed by atoms with E-state index in [4.69, 9.17) is 4.74 Å².